The fraction of sp³-hybridized carbons (Fsp3) is 0.368. The molecule has 0 aliphatic heterocycles. The maximum Gasteiger partial charge on any atom is 0.188 e. The Bertz CT molecular complexity index is 674. The van der Waals surface area contributed by atoms with E-state index in [0.717, 1.165) is 23.3 Å². The average Bonchev–Trinajstić information content (AvgIpc) is 2.55. The molecule has 0 aliphatic rings. The molecule has 130 valence electrons. The predicted molar refractivity (Wildman–Crippen MR) is 102 cm³/mol. The summed E-state index contributed by atoms with van der Waals surface area (Å²) in [6.45, 7) is 3.29. The molecule has 0 aromatic heterocycles. The Hall–Kier alpha value is -1.61. The Morgan fingerprint density at radius 1 is 1.00 bits per heavy atom. The van der Waals surface area contributed by atoms with Gasteiger partial charge in [-0.3, -0.25) is 0 Å². The van der Waals surface area contributed by atoms with Crippen molar-refractivity contribution in [2.75, 3.05) is 35.1 Å². The van der Waals surface area contributed by atoms with Gasteiger partial charge in [-0.05, 0) is 50.1 Å². The van der Waals surface area contributed by atoms with Gasteiger partial charge in [0.2, 0.25) is 0 Å². The molecule has 5 heteroatoms. The van der Waals surface area contributed by atoms with Gasteiger partial charge in [0.15, 0.2) is 6.79 Å². The van der Waals surface area contributed by atoms with Crippen molar-refractivity contribution in [3.8, 4) is 11.5 Å². The van der Waals surface area contributed by atoms with Crippen LogP contribution in [0.1, 0.15) is 11.1 Å². The number of nitrogens with zero attached hydrogens (tertiary/aromatic N) is 1. The van der Waals surface area contributed by atoms with E-state index in [1.807, 2.05) is 18.2 Å². The summed E-state index contributed by atoms with van der Waals surface area (Å²) in [6, 6.07) is 12.5. The third-order valence-corrected chi connectivity index (χ3v) is 4.95. The smallest absolute Gasteiger partial charge is 0.188 e. The van der Waals surface area contributed by atoms with Crippen molar-refractivity contribution in [3.63, 3.8) is 0 Å². The van der Waals surface area contributed by atoms with E-state index in [1.54, 1.807) is 14.2 Å². The summed E-state index contributed by atoms with van der Waals surface area (Å²) in [5, 5.41) is 2.44. The molecule has 24 heavy (non-hydrogen) atoms. The van der Waals surface area contributed by atoms with Crippen LogP contribution in [0, 0.1) is 6.92 Å². The van der Waals surface area contributed by atoms with Crippen molar-refractivity contribution < 1.29 is 14.2 Å². The first-order valence-electron chi connectivity index (χ1n) is 7.84. The first kappa shape index (κ1) is 18.7. The van der Waals surface area contributed by atoms with E-state index in [1.165, 1.54) is 16.4 Å². The second-order valence-corrected chi connectivity index (χ2v) is 7.26. The van der Waals surface area contributed by atoms with E-state index in [-0.39, 0.29) is 6.79 Å². The van der Waals surface area contributed by atoms with Crippen LogP contribution in [0.4, 0.5) is 0 Å². The first-order valence-corrected chi connectivity index (χ1v) is 8.84. The van der Waals surface area contributed by atoms with Crippen molar-refractivity contribution in [3.05, 3.63) is 47.5 Å². The van der Waals surface area contributed by atoms with Crippen LogP contribution in [0.15, 0.2) is 36.4 Å². The molecule has 0 heterocycles. The summed E-state index contributed by atoms with van der Waals surface area (Å²) >= 11 is 0. The van der Waals surface area contributed by atoms with Gasteiger partial charge in [0.05, 0.1) is 7.11 Å². The monoisotopic (exact) mass is 347 g/mol. The van der Waals surface area contributed by atoms with Gasteiger partial charge in [-0.2, -0.15) is 0 Å². The summed E-state index contributed by atoms with van der Waals surface area (Å²) < 4.78 is 16.1. The van der Waals surface area contributed by atoms with Crippen molar-refractivity contribution in [2.45, 2.75) is 13.5 Å². The van der Waals surface area contributed by atoms with E-state index in [4.69, 9.17) is 14.2 Å². The number of ether oxygens (including phenoxy) is 3. The number of hydrogen-bond acceptors (Lipinski definition) is 4. The highest BCUT2D eigenvalue weighted by Crippen LogP contribution is 2.25. The van der Waals surface area contributed by atoms with Crippen LogP contribution < -0.4 is 20.1 Å². The quantitative estimate of drug-likeness (QED) is 0.543. The zero-order chi connectivity index (χ0) is 17.5. The minimum Gasteiger partial charge on any atom is -0.497 e. The van der Waals surface area contributed by atoms with Crippen LogP contribution in [0.5, 0.6) is 11.5 Å². The van der Waals surface area contributed by atoms with Gasteiger partial charge in [0.1, 0.15) is 11.5 Å². The summed E-state index contributed by atoms with van der Waals surface area (Å²) in [7, 11) is 7.98. The van der Waals surface area contributed by atoms with Crippen LogP contribution in [-0.4, -0.2) is 40.0 Å². The van der Waals surface area contributed by atoms with E-state index in [0.29, 0.717) is 8.58 Å². The molecule has 1 atom stereocenters. The number of hydrogen-bond donors (Lipinski definition) is 0. The Morgan fingerprint density at radius 3 is 2.46 bits per heavy atom. The number of rotatable bonds is 8. The summed E-state index contributed by atoms with van der Waals surface area (Å²) in [5.41, 5.74) is 2.63. The molecular weight excluding hydrogens is 321 g/mol. The molecule has 2 aromatic rings. The molecule has 0 spiro atoms. The van der Waals surface area contributed by atoms with Crippen molar-refractivity contribution >= 4 is 19.2 Å². The number of methoxy groups -OCH3 is 2. The molecular formula is C19H26NO3P. The van der Waals surface area contributed by atoms with Gasteiger partial charge in [-0.25, -0.2) is 0 Å². The normalized spacial score (nSPS) is 11.4. The third-order valence-electron chi connectivity index (χ3n) is 3.54. The third kappa shape index (κ3) is 5.20. The minimum atomic E-state index is 0.238. The van der Waals surface area contributed by atoms with Crippen molar-refractivity contribution in [1.29, 1.82) is 0 Å². The van der Waals surface area contributed by atoms with Gasteiger partial charge < -0.3 is 19.1 Å². The maximum atomic E-state index is 5.72. The van der Waals surface area contributed by atoms with E-state index in [2.05, 4.69) is 44.1 Å². The van der Waals surface area contributed by atoms with Gasteiger partial charge in [-0.1, -0.05) is 32.3 Å². The lowest BCUT2D eigenvalue weighted by atomic mass is 10.1. The Balaban J connectivity index is 2.35. The van der Waals surface area contributed by atoms with Gasteiger partial charge in [0, 0.05) is 19.0 Å². The maximum absolute atomic E-state index is 5.72. The largest absolute Gasteiger partial charge is 0.497 e. The van der Waals surface area contributed by atoms with Crippen LogP contribution in [0.3, 0.4) is 0 Å². The van der Waals surface area contributed by atoms with Crippen LogP contribution >= 0.6 is 8.58 Å². The second-order valence-electron chi connectivity index (χ2n) is 5.94. The fourth-order valence-electron chi connectivity index (χ4n) is 2.44. The molecule has 0 N–H and O–H groups in total. The summed E-state index contributed by atoms with van der Waals surface area (Å²) in [6.07, 6.45) is 0. The average molecular weight is 347 g/mol. The highest BCUT2D eigenvalue weighted by Gasteiger charge is 2.11. The van der Waals surface area contributed by atoms with Crippen LogP contribution in [0.2, 0.25) is 0 Å². The molecule has 1 unspecified atom stereocenters. The zero-order valence-electron chi connectivity index (χ0n) is 15.1. The van der Waals surface area contributed by atoms with Crippen LogP contribution in [-0.2, 0) is 11.3 Å². The lowest BCUT2D eigenvalue weighted by Crippen LogP contribution is -2.18. The van der Waals surface area contributed by atoms with E-state index < -0.39 is 0 Å². The predicted octanol–water partition coefficient (Wildman–Crippen LogP) is 2.68. The minimum absolute atomic E-state index is 0.238. The first-order chi connectivity index (χ1) is 11.5. The highest BCUT2D eigenvalue weighted by atomic mass is 31.1. The molecule has 0 saturated heterocycles. The molecule has 2 rings (SSSR count). The summed E-state index contributed by atoms with van der Waals surface area (Å²) in [4.78, 5) is 2.19. The van der Waals surface area contributed by atoms with Crippen molar-refractivity contribution in [2.24, 2.45) is 0 Å². The van der Waals surface area contributed by atoms with E-state index in [9.17, 15) is 0 Å². The zero-order valence-corrected chi connectivity index (χ0v) is 16.1. The lowest BCUT2D eigenvalue weighted by molar-refractivity contribution is 0.0519. The van der Waals surface area contributed by atoms with Gasteiger partial charge in [-0.15, -0.1) is 0 Å². The number of aryl methyl sites for hydroxylation is 1. The van der Waals surface area contributed by atoms with Crippen molar-refractivity contribution in [1.82, 2.24) is 4.90 Å². The van der Waals surface area contributed by atoms with Gasteiger partial charge >= 0.3 is 0 Å². The molecule has 0 bridgehead atoms. The molecule has 0 amide bonds. The second kappa shape index (κ2) is 9.03. The topological polar surface area (TPSA) is 30.9 Å². The molecule has 0 fully saturated rings. The Labute approximate surface area is 146 Å². The SMILES string of the molecule is COCOc1ccc(OC)cc1Pc1ccc(C)cc1CN(C)C. The lowest BCUT2D eigenvalue weighted by Gasteiger charge is -2.17. The fourth-order valence-corrected chi connectivity index (χ4v) is 3.70. The van der Waals surface area contributed by atoms with E-state index >= 15 is 0 Å². The van der Waals surface area contributed by atoms with Crippen LogP contribution in [0.25, 0.3) is 0 Å². The Kier molecular flexibility index (Phi) is 7.04. The summed E-state index contributed by atoms with van der Waals surface area (Å²) in [5.74, 6) is 1.68. The number of benzene rings is 2. The molecule has 4 nitrogen and oxygen atoms in total. The highest BCUT2D eigenvalue weighted by molar-refractivity contribution is 7.55. The van der Waals surface area contributed by atoms with Gasteiger partial charge in [0.25, 0.3) is 0 Å². The molecule has 0 aliphatic carbocycles. The standard InChI is InChI=1S/C19H26NO3P/c1-14-6-9-18(15(10-14)12-20(2)3)24-19-11-16(22-5)7-8-17(19)23-13-21-4/h6-11,24H,12-13H2,1-5H3. The molecule has 2 aromatic carbocycles. The Morgan fingerprint density at radius 2 is 1.79 bits per heavy atom. The molecule has 0 radical (unpaired) electrons. The molecule has 0 saturated carbocycles.